The molecule has 3 saturated heterocycles. The highest BCUT2D eigenvalue weighted by Crippen LogP contribution is 2.42. The van der Waals surface area contributed by atoms with E-state index in [4.69, 9.17) is 4.74 Å². The summed E-state index contributed by atoms with van der Waals surface area (Å²) in [6.45, 7) is 6.38. The molecule has 3 aliphatic rings. The van der Waals surface area contributed by atoms with Crippen LogP contribution in [-0.2, 0) is 4.74 Å². The number of nitro benzene ring substituents is 1. The standard InChI is InChI=1S/C18H25N3O3/c22-21(23)16-3-1-15(2-4-16)19-9-5-18(6-10-19)7-11-20(12-8-18)17-13-24-14-17/h1-4,17H,5-14H2. The topological polar surface area (TPSA) is 58.9 Å². The van der Waals surface area contributed by atoms with Crippen molar-refractivity contribution < 1.29 is 9.66 Å². The predicted molar refractivity (Wildman–Crippen MR) is 92.4 cm³/mol. The van der Waals surface area contributed by atoms with Crippen LogP contribution in [0.4, 0.5) is 11.4 Å². The fourth-order valence-corrected chi connectivity index (χ4v) is 4.32. The van der Waals surface area contributed by atoms with Crippen molar-refractivity contribution in [3.8, 4) is 0 Å². The summed E-state index contributed by atoms with van der Waals surface area (Å²) in [5, 5.41) is 10.8. The lowest BCUT2D eigenvalue weighted by molar-refractivity contribution is -0.384. The molecule has 130 valence electrons. The average Bonchev–Trinajstić information content (AvgIpc) is 2.56. The molecular weight excluding hydrogens is 306 g/mol. The molecule has 6 heteroatoms. The molecule has 0 radical (unpaired) electrons. The van der Waals surface area contributed by atoms with Crippen molar-refractivity contribution in [1.82, 2.24) is 4.90 Å². The van der Waals surface area contributed by atoms with Gasteiger partial charge in [-0.15, -0.1) is 0 Å². The Morgan fingerprint density at radius 1 is 1.00 bits per heavy atom. The van der Waals surface area contributed by atoms with Gasteiger partial charge >= 0.3 is 0 Å². The van der Waals surface area contributed by atoms with Crippen molar-refractivity contribution >= 4 is 11.4 Å². The van der Waals surface area contributed by atoms with Crippen molar-refractivity contribution in [3.63, 3.8) is 0 Å². The monoisotopic (exact) mass is 331 g/mol. The minimum atomic E-state index is -0.337. The van der Waals surface area contributed by atoms with E-state index in [-0.39, 0.29) is 10.6 Å². The van der Waals surface area contributed by atoms with Crippen LogP contribution in [0.3, 0.4) is 0 Å². The molecule has 0 aromatic heterocycles. The number of benzene rings is 1. The first-order valence-corrected chi connectivity index (χ1v) is 8.96. The Hall–Kier alpha value is -1.66. The lowest BCUT2D eigenvalue weighted by Gasteiger charge is -2.50. The van der Waals surface area contributed by atoms with Crippen LogP contribution < -0.4 is 4.90 Å². The number of nitrogens with zero attached hydrogens (tertiary/aromatic N) is 3. The van der Waals surface area contributed by atoms with Gasteiger partial charge in [0.15, 0.2) is 0 Å². The summed E-state index contributed by atoms with van der Waals surface area (Å²) in [6.07, 6.45) is 5.08. The van der Waals surface area contributed by atoms with Crippen molar-refractivity contribution in [1.29, 1.82) is 0 Å². The van der Waals surface area contributed by atoms with Gasteiger partial charge in [-0.1, -0.05) is 0 Å². The number of non-ortho nitro benzene ring substituents is 1. The molecule has 0 bridgehead atoms. The van der Waals surface area contributed by atoms with E-state index in [1.807, 2.05) is 12.1 Å². The normalized spacial score (nSPS) is 24.8. The number of piperidine rings is 2. The second-order valence-corrected chi connectivity index (χ2v) is 7.49. The lowest BCUT2D eigenvalue weighted by atomic mass is 9.71. The fraction of sp³-hybridized carbons (Fsp3) is 0.667. The maximum absolute atomic E-state index is 10.8. The molecule has 0 aliphatic carbocycles. The summed E-state index contributed by atoms with van der Waals surface area (Å²) < 4.78 is 5.32. The number of anilines is 1. The first-order chi connectivity index (χ1) is 11.7. The van der Waals surface area contributed by atoms with Crippen LogP contribution in [0.2, 0.25) is 0 Å². The Kier molecular flexibility index (Phi) is 4.18. The highest BCUT2D eigenvalue weighted by atomic mass is 16.6. The number of nitro groups is 1. The highest BCUT2D eigenvalue weighted by Gasteiger charge is 2.40. The summed E-state index contributed by atoms with van der Waals surface area (Å²) >= 11 is 0. The molecule has 6 nitrogen and oxygen atoms in total. The molecule has 24 heavy (non-hydrogen) atoms. The summed E-state index contributed by atoms with van der Waals surface area (Å²) in [5.74, 6) is 0. The van der Waals surface area contributed by atoms with E-state index in [9.17, 15) is 10.1 Å². The van der Waals surface area contributed by atoms with E-state index in [1.165, 1.54) is 38.8 Å². The summed E-state index contributed by atoms with van der Waals surface area (Å²) in [4.78, 5) is 15.4. The molecule has 0 unspecified atom stereocenters. The van der Waals surface area contributed by atoms with Crippen LogP contribution in [0, 0.1) is 15.5 Å². The minimum Gasteiger partial charge on any atom is -0.378 e. The van der Waals surface area contributed by atoms with E-state index in [0.717, 1.165) is 32.0 Å². The molecule has 1 aromatic rings. The van der Waals surface area contributed by atoms with Gasteiger partial charge in [0.2, 0.25) is 0 Å². The first-order valence-electron chi connectivity index (χ1n) is 8.96. The third-order valence-corrected chi connectivity index (χ3v) is 6.25. The first kappa shape index (κ1) is 15.8. The van der Waals surface area contributed by atoms with E-state index < -0.39 is 0 Å². The maximum Gasteiger partial charge on any atom is 0.269 e. The second-order valence-electron chi connectivity index (χ2n) is 7.49. The van der Waals surface area contributed by atoms with Gasteiger partial charge in [-0.3, -0.25) is 15.0 Å². The van der Waals surface area contributed by atoms with Crippen molar-refractivity contribution in [2.45, 2.75) is 31.7 Å². The minimum absolute atomic E-state index is 0.166. The van der Waals surface area contributed by atoms with Crippen LogP contribution in [0.15, 0.2) is 24.3 Å². The Morgan fingerprint density at radius 2 is 1.58 bits per heavy atom. The molecule has 0 saturated carbocycles. The number of hydrogen-bond acceptors (Lipinski definition) is 5. The Labute approximate surface area is 142 Å². The summed E-state index contributed by atoms with van der Waals surface area (Å²) in [6, 6.07) is 7.66. The quantitative estimate of drug-likeness (QED) is 0.629. The van der Waals surface area contributed by atoms with Crippen molar-refractivity contribution in [2.24, 2.45) is 5.41 Å². The van der Waals surface area contributed by atoms with E-state index in [1.54, 1.807) is 12.1 Å². The Bertz CT molecular complexity index is 582. The van der Waals surface area contributed by atoms with Gasteiger partial charge in [0.1, 0.15) is 0 Å². The van der Waals surface area contributed by atoms with Gasteiger partial charge in [0.05, 0.1) is 24.2 Å². The molecule has 1 spiro atoms. The zero-order valence-electron chi connectivity index (χ0n) is 14.0. The van der Waals surface area contributed by atoms with Crippen LogP contribution >= 0.6 is 0 Å². The van der Waals surface area contributed by atoms with Crippen LogP contribution in [0.5, 0.6) is 0 Å². The Balaban J connectivity index is 1.32. The predicted octanol–water partition coefficient (Wildman–Crippen LogP) is 2.68. The highest BCUT2D eigenvalue weighted by molar-refractivity contribution is 5.51. The molecule has 3 heterocycles. The average molecular weight is 331 g/mol. The third-order valence-electron chi connectivity index (χ3n) is 6.25. The van der Waals surface area contributed by atoms with Gasteiger partial charge in [-0.05, 0) is 56.3 Å². The molecule has 4 rings (SSSR count). The fourth-order valence-electron chi connectivity index (χ4n) is 4.32. The van der Waals surface area contributed by atoms with Crippen molar-refractivity contribution in [2.75, 3.05) is 44.3 Å². The number of rotatable bonds is 3. The van der Waals surface area contributed by atoms with Gasteiger partial charge in [0, 0.05) is 30.9 Å². The zero-order chi connectivity index (χ0) is 16.6. The van der Waals surface area contributed by atoms with Crippen LogP contribution in [-0.4, -0.2) is 55.3 Å². The van der Waals surface area contributed by atoms with E-state index in [2.05, 4.69) is 9.80 Å². The third kappa shape index (κ3) is 3.00. The van der Waals surface area contributed by atoms with Gasteiger partial charge in [-0.2, -0.15) is 0 Å². The molecule has 0 amide bonds. The molecule has 0 atom stereocenters. The SMILES string of the molecule is O=[N+]([O-])c1ccc(N2CCC3(CC2)CCN(C2COC2)CC3)cc1. The molecular formula is C18H25N3O3. The van der Waals surface area contributed by atoms with Gasteiger partial charge < -0.3 is 9.64 Å². The molecule has 3 aliphatic heterocycles. The number of ether oxygens (including phenoxy) is 1. The maximum atomic E-state index is 10.8. The Morgan fingerprint density at radius 3 is 2.08 bits per heavy atom. The van der Waals surface area contributed by atoms with E-state index in [0.29, 0.717) is 11.5 Å². The molecule has 0 N–H and O–H groups in total. The van der Waals surface area contributed by atoms with Crippen LogP contribution in [0.25, 0.3) is 0 Å². The largest absolute Gasteiger partial charge is 0.378 e. The van der Waals surface area contributed by atoms with E-state index >= 15 is 0 Å². The summed E-state index contributed by atoms with van der Waals surface area (Å²) in [7, 11) is 0. The van der Waals surface area contributed by atoms with Crippen molar-refractivity contribution in [3.05, 3.63) is 34.4 Å². The van der Waals surface area contributed by atoms with Gasteiger partial charge in [-0.25, -0.2) is 0 Å². The zero-order valence-corrected chi connectivity index (χ0v) is 14.0. The van der Waals surface area contributed by atoms with Crippen LogP contribution in [0.1, 0.15) is 25.7 Å². The number of likely N-dealkylation sites (tertiary alicyclic amines) is 1. The molecule has 3 fully saturated rings. The smallest absolute Gasteiger partial charge is 0.269 e. The van der Waals surface area contributed by atoms with Gasteiger partial charge in [0.25, 0.3) is 5.69 Å². The molecule has 1 aromatic carbocycles. The second kappa shape index (κ2) is 6.33. The lowest BCUT2D eigenvalue weighted by Crippen LogP contribution is -2.54. The number of hydrogen-bond donors (Lipinski definition) is 0. The summed E-state index contributed by atoms with van der Waals surface area (Å²) in [5.41, 5.74) is 1.79.